The van der Waals surface area contributed by atoms with Gasteiger partial charge in [-0.05, 0) is 13.8 Å². The average molecular weight is 268 g/mol. The van der Waals surface area contributed by atoms with E-state index in [1.54, 1.807) is 0 Å². The highest BCUT2D eigenvalue weighted by Crippen LogP contribution is 2.16. The molecule has 1 aromatic heterocycles. The molecule has 0 bridgehead atoms. The second-order valence-electron chi connectivity index (χ2n) is 4.74. The van der Waals surface area contributed by atoms with Gasteiger partial charge in [-0.25, -0.2) is 0 Å². The number of anilines is 1. The van der Waals surface area contributed by atoms with Crippen LogP contribution in [0.25, 0.3) is 0 Å². The van der Waals surface area contributed by atoms with Gasteiger partial charge in [-0.3, -0.25) is 14.8 Å². The van der Waals surface area contributed by atoms with Gasteiger partial charge in [-0.1, -0.05) is 0 Å². The zero-order chi connectivity index (χ0) is 13.8. The standard InChI is InChI=1S/C12H20N4O3/c1-8-12(9(2)15-14-8)13-11(18)5-16-3-4-19-7-10(16)6-17/h10,17H,3-7H2,1-2H3,(H,13,18)(H,14,15). The summed E-state index contributed by atoms with van der Waals surface area (Å²) < 4.78 is 5.28. The number of aromatic amines is 1. The summed E-state index contributed by atoms with van der Waals surface area (Å²) in [5.74, 6) is -0.104. The molecule has 1 saturated heterocycles. The van der Waals surface area contributed by atoms with Crippen LogP contribution in [-0.2, 0) is 9.53 Å². The highest BCUT2D eigenvalue weighted by Gasteiger charge is 2.24. The summed E-state index contributed by atoms with van der Waals surface area (Å²) in [7, 11) is 0. The molecule has 106 valence electrons. The average Bonchev–Trinajstić information content (AvgIpc) is 2.71. The quantitative estimate of drug-likeness (QED) is 0.695. The molecule has 0 spiro atoms. The maximum Gasteiger partial charge on any atom is 0.238 e. The van der Waals surface area contributed by atoms with Gasteiger partial charge in [-0.15, -0.1) is 0 Å². The van der Waals surface area contributed by atoms with E-state index in [1.165, 1.54) is 0 Å². The van der Waals surface area contributed by atoms with Crippen LogP contribution in [0.4, 0.5) is 5.69 Å². The lowest BCUT2D eigenvalue weighted by atomic mass is 10.2. The second-order valence-corrected chi connectivity index (χ2v) is 4.74. The number of amides is 1. The number of aliphatic hydroxyl groups excluding tert-OH is 1. The Kier molecular flexibility index (Phi) is 4.52. The normalized spacial score (nSPS) is 20.5. The Morgan fingerprint density at radius 2 is 2.42 bits per heavy atom. The number of aryl methyl sites for hydroxylation is 2. The predicted molar refractivity (Wildman–Crippen MR) is 70.0 cm³/mol. The van der Waals surface area contributed by atoms with Crippen molar-refractivity contribution in [2.75, 3.05) is 38.2 Å². The molecule has 1 aliphatic rings. The summed E-state index contributed by atoms with van der Waals surface area (Å²) in [6.07, 6.45) is 0. The number of carbonyl (C=O) groups is 1. The molecular weight excluding hydrogens is 248 g/mol. The van der Waals surface area contributed by atoms with Crippen molar-refractivity contribution >= 4 is 11.6 Å². The van der Waals surface area contributed by atoms with Gasteiger partial charge in [0.15, 0.2) is 0 Å². The molecular formula is C12H20N4O3. The van der Waals surface area contributed by atoms with Crippen molar-refractivity contribution in [3.8, 4) is 0 Å². The molecule has 0 radical (unpaired) electrons. The van der Waals surface area contributed by atoms with E-state index in [1.807, 2.05) is 18.7 Å². The van der Waals surface area contributed by atoms with E-state index in [4.69, 9.17) is 4.74 Å². The first-order valence-electron chi connectivity index (χ1n) is 6.36. The maximum absolute atomic E-state index is 12.0. The molecule has 0 aliphatic carbocycles. The largest absolute Gasteiger partial charge is 0.395 e. The van der Waals surface area contributed by atoms with Crippen molar-refractivity contribution in [3.63, 3.8) is 0 Å². The van der Waals surface area contributed by atoms with Crippen LogP contribution in [0, 0.1) is 13.8 Å². The van der Waals surface area contributed by atoms with Gasteiger partial charge >= 0.3 is 0 Å². The van der Waals surface area contributed by atoms with Crippen LogP contribution in [0.15, 0.2) is 0 Å². The van der Waals surface area contributed by atoms with Gasteiger partial charge in [0, 0.05) is 6.54 Å². The summed E-state index contributed by atoms with van der Waals surface area (Å²) in [4.78, 5) is 14.0. The number of hydrogen-bond donors (Lipinski definition) is 3. The Hall–Kier alpha value is -1.44. The second kappa shape index (κ2) is 6.14. The fraction of sp³-hybridized carbons (Fsp3) is 0.667. The smallest absolute Gasteiger partial charge is 0.238 e. The Labute approximate surface area is 111 Å². The minimum absolute atomic E-state index is 0.00293. The van der Waals surface area contributed by atoms with Crippen LogP contribution in [0.3, 0.4) is 0 Å². The number of carbonyl (C=O) groups excluding carboxylic acids is 1. The van der Waals surface area contributed by atoms with Crippen molar-refractivity contribution in [1.82, 2.24) is 15.1 Å². The van der Waals surface area contributed by atoms with Crippen molar-refractivity contribution in [3.05, 3.63) is 11.4 Å². The van der Waals surface area contributed by atoms with E-state index in [0.29, 0.717) is 19.8 Å². The van der Waals surface area contributed by atoms with Gasteiger partial charge < -0.3 is 15.2 Å². The van der Waals surface area contributed by atoms with Gasteiger partial charge in [-0.2, -0.15) is 5.10 Å². The predicted octanol–water partition coefficient (Wildman–Crippen LogP) is -0.342. The van der Waals surface area contributed by atoms with E-state index >= 15 is 0 Å². The third-order valence-corrected chi connectivity index (χ3v) is 3.30. The molecule has 0 aromatic carbocycles. The fourth-order valence-corrected chi connectivity index (χ4v) is 2.16. The van der Waals surface area contributed by atoms with Crippen LogP contribution in [-0.4, -0.2) is 65.1 Å². The van der Waals surface area contributed by atoms with E-state index in [-0.39, 0.29) is 25.1 Å². The fourth-order valence-electron chi connectivity index (χ4n) is 2.16. The summed E-state index contributed by atoms with van der Waals surface area (Å²) in [5, 5.41) is 19.0. The van der Waals surface area contributed by atoms with Gasteiger partial charge in [0.05, 0.1) is 49.5 Å². The lowest BCUT2D eigenvalue weighted by Gasteiger charge is -2.33. The molecule has 1 amide bonds. The third kappa shape index (κ3) is 3.31. The van der Waals surface area contributed by atoms with Crippen LogP contribution in [0.5, 0.6) is 0 Å². The molecule has 1 fully saturated rings. The number of rotatable bonds is 4. The van der Waals surface area contributed by atoms with Crippen molar-refractivity contribution in [2.24, 2.45) is 0 Å². The van der Waals surface area contributed by atoms with E-state index < -0.39 is 0 Å². The topological polar surface area (TPSA) is 90.5 Å². The number of aliphatic hydroxyl groups is 1. The maximum atomic E-state index is 12.0. The summed E-state index contributed by atoms with van der Waals surface area (Å²) in [5.41, 5.74) is 2.34. The summed E-state index contributed by atoms with van der Waals surface area (Å²) >= 11 is 0. The summed E-state index contributed by atoms with van der Waals surface area (Å²) in [6, 6.07) is -0.106. The molecule has 0 saturated carbocycles. The van der Waals surface area contributed by atoms with E-state index in [0.717, 1.165) is 17.1 Å². The molecule has 7 heteroatoms. The van der Waals surface area contributed by atoms with Crippen LogP contribution in [0.1, 0.15) is 11.4 Å². The van der Waals surface area contributed by atoms with Crippen LogP contribution in [0.2, 0.25) is 0 Å². The molecule has 19 heavy (non-hydrogen) atoms. The monoisotopic (exact) mass is 268 g/mol. The molecule has 2 heterocycles. The van der Waals surface area contributed by atoms with Crippen molar-refractivity contribution in [2.45, 2.75) is 19.9 Å². The number of nitrogens with zero attached hydrogens (tertiary/aromatic N) is 2. The van der Waals surface area contributed by atoms with Crippen LogP contribution >= 0.6 is 0 Å². The SMILES string of the molecule is Cc1n[nH]c(C)c1NC(=O)CN1CCOCC1CO. The molecule has 1 aliphatic heterocycles. The molecule has 1 atom stereocenters. The zero-order valence-electron chi connectivity index (χ0n) is 11.3. The lowest BCUT2D eigenvalue weighted by molar-refractivity contribution is -0.120. The first kappa shape index (κ1) is 14.0. The van der Waals surface area contributed by atoms with E-state index in [9.17, 15) is 9.90 Å². The molecule has 1 aromatic rings. The van der Waals surface area contributed by atoms with Crippen molar-refractivity contribution < 1.29 is 14.6 Å². The molecule has 3 N–H and O–H groups in total. The Bertz CT molecular complexity index is 427. The Balaban J connectivity index is 1.93. The number of H-pyrrole nitrogens is 1. The zero-order valence-corrected chi connectivity index (χ0v) is 11.3. The number of aromatic nitrogens is 2. The molecule has 2 rings (SSSR count). The number of hydrogen-bond acceptors (Lipinski definition) is 5. The molecule has 1 unspecified atom stereocenters. The highest BCUT2D eigenvalue weighted by molar-refractivity contribution is 5.93. The first-order chi connectivity index (χ1) is 9.11. The number of nitrogens with one attached hydrogen (secondary N) is 2. The van der Waals surface area contributed by atoms with E-state index in [2.05, 4.69) is 15.5 Å². The molecule has 7 nitrogen and oxygen atoms in total. The van der Waals surface area contributed by atoms with Gasteiger partial charge in [0.2, 0.25) is 5.91 Å². The summed E-state index contributed by atoms with van der Waals surface area (Å²) in [6.45, 7) is 5.66. The first-order valence-corrected chi connectivity index (χ1v) is 6.36. The van der Waals surface area contributed by atoms with Gasteiger partial charge in [0.1, 0.15) is 0 Å². The highest BCUT2D eigenvalue weighted by atomic mass is 16.5. The lowest BCUT2D eigenvalue weighted by Crippen LogP contribution is -2.50. The third-order valence-electron chi connectivity index (χ3n) is 3.30. The number of morpholine rings is 1. The Morgan fingerprint density at radius 3 is 3.05 bits per heavy atom. The Morgan fingerprint density at radius 1 is 1.63 bits per heavy atom. The van der Waals surface area contributed by atoms with Gasteiger partial charge in [0.25, 0.3) is 0 Å². The minimum atomic E-state index is -0.106. The number of ether oxygens (including phenoxy) is 1. The van der Waals surface area contributed by atoms with Crippen LogP contribution < -0.4 is 5.32 Å². The minimum Gasteiger partial charge on any atom is -0.395 e. The van der Waals surface area contributed by atoms with Crippen molar-refractivity contribution in [1.29, 1.82) is 0 Å².